The Kier molecular flexibility index (Phi) is 3.12. The van der Waals surface area contributed by atoms with Crippen LogP contribution in [0.3, 0.4) is 0 Å². The summed E-state index contributed by atoms with van der Waals surface area (Å²) in [6.45, 7) is 5.71. The highest BCUT2D eigenvalue weighted by atomic mass is 16.5. The molecule has 0 unspecified atom stereocenters. The molecule has 0 fully saturated rings. The van der Waals surface area contributed by atoms with Crippen LogP contribution in [0.25, 0.3) is 0 Å². The minimum Gasteiger partial charge on any atom is -0.482 e. The minimum atomic E-state index is -0.958. The molecule has 1 N–H and O–H groups in total. The Morgan fingerprint density at radius 2 is 1.79 bits per heavy atom. The van der Waals surface area contributed by atoms with Crippen molar-refractivity contribution in [3.05, 3.63) is 28.8 Å². The molecule has 3 nitrogen and oxygen atoms in total. The molecule has 3 heteroatoms. The fourth-order valence-electron chi connectivity index (χ4n) is 1.22. The van der Waals surface area contributed by atoms with Crippen molar-refractivity contribution in [2.45, 2.75) is 20.8 Å². The van der Waals surface area contributed by atoms with Crippen LogP contribution in [0.1, 0.15) is 16.7 Å². The van der Waals surface area contributed by atoms with Crippen molar-refractivity contribution in [1.82, 2.24) is 0 Å². The number of benzene rings is 1. The third kappa shape index (κ3) is 2.49. The molecule has 0 aliphatic carbocycles. The second-order valence-corrected chi connectivity index (χ2v) is 3.36. The summed E-state index contributed by atoms with van der Waals surface area (Å²) in [4.78, 5) is 10.3. The summed E-state index contributed by atoms with van der Waals surface area (Å²) >= 11 is 0. The van der Waals surface area contributed by atoms with Gasteiger partial charge in [0.1, 0.15) is 5.75 Å². The molecule has 0 amide bonds. The lowest BCUT2D eigenvalue weighted by molar-refractivity contribution is -0.139. The maximum absolute atomic E-state index is 10.3. The second-order valence-electron chi connectivity index (χ2n) is 3.36. The number of carboxylic acids is 1. The number of carbonyl (C=O) groups is 1. The summed E-state index contributed by atoms with van der Waals surface area (Å²) in [5.74, 6) is -0.339. The van der Waals surface area contributed by atoms with Gasteiger partial charge in [-0.05, 0) is 49.6 Å². The van der Waals surface area contributed by atoms with Gasteiger partial charge in [-0.25, -0.2) is 4.79 Å². The summed E-state index contributed by atoms with van der Waals surface area (Å²) < 4.78 is 5.08. The maximum atomic E-state index is 10.3. The van der Waals surface area contributed by atoms with Gasteiger partial charge >= 0.3 is 5.97 Å². The number of hydrogen-bond donors (Lipinski definition) is 1. The number of carboxylic acid groups (broad SMARTS) is 1. The van der Waals surface area contributed by atoms with Crippen molar-refractivity contribution in [3.63, 3.8) is 0 Å². The van der Waals surface area contributed by atoms with Gasteiger partial charge in [-0.1, -0.05) is 0 Å². The number of aryl methyl sites for hydroxylation is 2. The fraction of sp³-hybridized carbons (Fsp3) is 0.364. The zero-order valence-corrected chi connectivity index (χ0v) is 8.63. The first-order valence-corrected chi connectivity index (χ1v) is 4.43. The minimum absolute atomic E-state index is 0.290. The van der Waals surface area contributed by atoms with E-state index in [1.807, 2.05) is 32.9 Å². The first kappa shape index (κ1) is 10.6. The molecular formula is C11H14O3. The van der Waals surface area contributed by atoms with Gasteiger partial charge in [0.2, 0.25) is 0 Å². The normalized spacial score (nSPS) is 9.93. The lowest BCUT2D eigenvalue weighted by atomic mass is 10.0. The zero-order chi connectivity index (χ0) is 10.7. The van der Waals surface area contributed by atoms with Crippen LogP contribution in [0.15, 0.2) is 12.1 Å². The van der Waals surface area contributed by atoms with E-state index in [2.05, 4.69) is 0 Å². The number of hydrogen-bond acceptors (Lipinski definition) is 2. The summed E-state index contributed by atoms with van der Waals surface area (Å²) in [5.41, 5.74) is 3.45. The first-order valence-electron chi connectivity index (χ1n) is 4.43. The SMILES string of the molecule is Cc1cc(OCC(=O)O)cc(C)c1C. The Labute approximate surface area is 83.3 Å². The van der Waals surface area contributed by atoms with Crippen molar-refractivity contribution < 1.29 is 14.6 Å². The molecule has 0 bridgehead atoms. The third-order valence-corrected chi connectivity index (χ3v) is 2.26. The van der Waals surface area contributed by atoms with Crippen LogP contribution in [0.2, 0.25) is 0 Å². The van der Waals surface area contributed by atoms with Crippen molar-refractivity contribution in [2.24, 2.45) is 0 Å². The van der Waals surface area contributed by atoms with Gasteiger partial charge in [0, 0.05) is 0 Å². The molecule has 14 heavy (non-hydrogen) atoms. The van der Waals surface area contributed by atoms with Crippen molar-refractivity contribution in [3.8, 4) is 5.75 Å². The predicted octanol–water partition coefficient (Wildman–Crippen LogP) is 2.08. The van der Waals surface area contributed by atoms with Crippen LogP contribution in [0.4, 0.5) is 0 Å². The smallest absolute Gasteiger partial charge is 0.341 e. The van der Waals surface area contributed by atoms with Crippen LogP contribution < -0.4 is 4.74 Å². The number of rotatable bonds is 3. The Bertz CT molecular complexity index is 333. The molecule has 0 aliphatic heterocycles. The van der Waals surface area contributed by atoms with Gasteiger partial charge < -0.3 is 9.84 Å². The Morgan fingerprint density at radius 3 is 2.21 bits per heavy atom. The summed E-state index contributed by atoms with van der Waals surface area (Å²) in [6, 6.07) is 3.70. The molecule has 76 valence electrons. The Morgan fingerprint density at radius 1 is 1.29 bits per heavy atom. The van der Waals surface area contributed by atoms with Crippen LogP contribution >= 0.6 is 0 Å². The van der Waals surface area contributed by atoms with E-state index in [0.717, 1.165) is 11.1 Å². The molecule has 1 rings (SSSR count). The van der Waals surface area contributed by atoms with E-state index in [9.17, 15) is 4.79 Å². The molecule has 0 aliphatic rings. The van der Waals surface area contributed by atoms with Crippen molar-refractivity contribution >= 4 is 5.97 Å². The van der Waals surface area contributed by atoms with Gasteiger partial charge in [0.05, 0.1) is 0 Å². The van der Waals surface area contributed by atoms with E-state index in [1.165, 1.54) is 5.56 Å². The van der Waals surface area contributed by atoms with Crippen LogP contribution in [0, 0.1) is 20.8 Å². The van der Waals surface area contributed by atoms with E-state index in [4.69, 9.17) is 9.84 Å². The highest BCUT2D eigenvalue weighted by molar-refractivity contribution is 5.68. The number of aliphatic carboxylic acids is 1. The van der Waals surface area contributed by atoms with Crippen LogP contribution in [0.5, 0.6) is 5.75 Å². The van der Waals surface area contributed by atoms with E-state index in [-0.39, 0.29) is 6.61 Å². The molecule has 0 aromatic heterocycles. The zero-order valence-electron chi connectivity index (χ0n) is 8.63. The van der Waals surface area contributed by atoms with E-state index in [0.29, 0.717) is 5.75 Å². The van der Waals surface area contributed by atoms with Gasteiger partial charge in [-0.3, -0.25) is 0 Å². The Balaban J connectivity index is 2.84. The molecule has 1 aromatic rings. The lowest BCUT2D eigenvalue weighted by Gasteiger charge is -2.09. The average Bonchev–Trinajstić information content (AvgIpc) is 2.10. The largest absolute Gasteiger partial charge is 0.482 e. The van der Waals surface area contributed by atoms with Crippen molar-refractivity contribution in [2.75, 3.05) is 6.61 Å². The van der Waals surface area contributed by atoms with Gasteiger partial charge in [-0.2, -0.15) is 0 Å². The van der Waals surface area contributed by atoms with E-state index < -0.39 is 5.97 Å². The molecule has 1 aromatic carbocycles. The molecule has 0 radical (unpaired) electrons. The summed E-state index contributed by atoms with van der Waals surface area (Å²) in [7, 11) is 0. The topological polar surface area (TPSA) is 46.5 Å². The highest BCUT2D eigenvalue weighted by Gasteiger charge is 2.03. The number of ether oxygens (including phenoxy) is 1. The van der Waals surface area contributed by atoms with Gasteiger partial charge in [0.15, 0.2) is 6.61 Å². The quantitative estimate of drug-likeness (QED) is 0.801. The molecule has 0 heterocycles. The van der Waals surface area contributed by atoms with Gasteiger partial charge in [0.25, 0.3) is 0 Å². The molecule has 0 atom stereocenters. The monoisotopic (exact) mass is 194 g/mol. The Hall–Kier alpha value is -1.51. The predicted molar refractivity (Wildman–Crippen MR) is 53.8 cm³/mol. The standard InChI is InChI=1S/C11H14O3/c1-7-4-10(14-6-11(12)13)5-8(2)9(7)3/h4-5H,6H2,1-3H3,(H,12,13). The molecule has 0 saturated heterocycles. The van der Waals surface area contributed by atoms with E-state index in [1.54, 1.807) is 0 Å². The summed E-state index contributed by atoms with van der Waals surface area (Å²) in [5, 5.41) is 8.44. The molecular weight excluding hydrogens is 180 g/mol. The molecule has 0 saturated carbocycles. The average molecular weight is 194 g/mol. The second kappa shape index (κ2) is 4.13. The van der Waals surface area contributed by atoms with E-state index >= 15 is 0 Å². The molecule has 0 spiro atoms. The van der Waals surface area contributed by atoms with Crippen molar-refractivity contribution in [1.29, 1.82) is 0 Å². The summed E-state index contributed by atoms with van der Waals surface area (Å²) in [6.07, 6.45) is 0. The first-order chi connectivity index (χ1) is 6.50. The van der Waals surface area contributed by atoms with Crippen LogP contribution in [-0.4, -0.2) is 17.7 Å². The third-order valence-electron chi connectivity index (χ3n) is 2.26. The maximum Gasteiger partial charge on any atom is 0.341 e. The highest BCUT2D eigenvalue weighted by Crippen LogP contribution is 2.20. The fourth-order valence-corrected chi connectivity index (χ4v) is 1.22. The van der Waals surface area contributed by atoms with Crippen LogP contribution in [-0.2, 0) is 4.79 Å². The lowest BCUT2D eigenvalue weighted by Crippen LogP contribution is -2.09. The van der Waals surface area contributed by atoms with Gasteiger partial charge in [-0.15, -0.1) is 0 Å².